The first kappa shape index (κ1) is 27.3. The number of carbonyl (C=O) groups is 1. The van der Waals surface area contributed by atoms with Crippen molar-refractivity contribution in [2.45, 2.75) is 64.8 Å². The third-order valence-corrected chi connectivity index (χ3v) is 9.18. The van der Waals surface area contributed by atoms with Gasteiger partial charge in [-0.25, -0.2) is 0 Å². The molecular formula is C28H46N4O4. The molecule has 36 heavy (non-hydrogen) atoms. The molecule has 1 aromatic carbocycles. The number of benzene rings is 1. The van der Waals surface area contributed by atoms with Crippen molar-refractivity contribution in [3.05, 3.63) is 29.8 Å². The monoisotopic (exact) mass is 502 g/mol. The number of aliphatic hydroxyl groups excluding tert-OH is 2. The van der Waals surface area contributed by atoms with Crippen molar-refractivity contribution in [2.24, 2.45) is 29.1 Å². The molecule has 0 spiro atoms. The first-order valence-electron chi connectivity index (χ1n) is 13.6. The van der Waals surface area contributed by atoms with Crippen molar-refractivity contribution >= 4 is 11.6 Å². The minimum Gasteiger partial charge on any atom is -0.396 e. The molecule has 7 atom stereocenters. The van der Waals surface area contributed by atoms with Gasteiger partial charge in [-0.2, -0.15) is 5.06 Å². The average Bonchev–Trinajstić information content (AvgIpc) is 3.20. The van der Waals surface area contributed by atoms with Crippen molar-refractivity contribution in [3.63, 3.8) is 0 Å². The normalized spacial score (nSPS) is 33.4. The van der Waals surface area contributed by atoms with E-state index in [1.54, 1.807) is 5.06 Å². The summed E-state index contributed by atoms with van der Waals surface area (Å²) in [5.41, 5.74) is 2.39. The molecular weight excluding hydrogens is 456 g/mol. The predicted molar refractivity (Wildman–Crippen MR) is 141 cm³/mol. The van der Waals surface area contributed by atoms with Crippen LogP contribution in [0.3, 0.4) is 0 Å². The number of amides is 1. The topological polar surface area (TPSA) is 97.3 Å². The summed E-state index contributed by atoms with van der Waals surface area (Å²) in [5.74, 6) is 1.10. The van der Waals surface area contributed by atoms with Gasteiger partial charge in [0.25, 0.3) is 0 Å². The van der Waals surface area contributed by atoms with E-state index in [0.29, 0.717) is 29.7 Å². The molecule has 3 saturated carbocycles. The third-order valence-electron chi connectivity index (χ3n) is 9.18. The lowest BCUT2D eigenvalue weighted by atomic mass is 9.45. The molecule has 1 amide bonds. The zero-order valence-corrected chi connectivity index (χ0v) is 22.6. The Labute approximate surface area is 216 Å². The standard InChI is InChI=1S/C28H46N4O4/c1-18-23-13-20(28(23,2)3)14-24(18)30-27(35)26-22(16-33)25(17-34)36-32(26)15-19-8-6-9-21(12-19)29-10-7-11-31(4)5/h6,8-9,12,18,20,22-26,29,33-34H,7,10-11,13-17H2,1-5H3,(H,30,35)/t18-,20+,22+,23-,24-,25-,26-/m0/s1. The fourth-order valence-electron chi connectivity index (χ4n) is 6.78. The molecule has 1 saturated heterocycles. The Hall–Kier alpha value is -1.71. The first-order valence-corrected chi connectivity index (χ1v) is 13.6. The minimum atomic E-state index is -0.651. The van der Waals surface area contributed by atoms with Crippen LogP contribution in [0, 0.1) is 29.1 Å². The van der Waals surface area contributed by atoms with Crippen LogP contribution in [0.2, 0.25) is 0 Å². The first-order chi connectivity index (χ1) is 17.1. The summed E-state index contributed by atoms with van der Waals surface area (Å²) >= 11 is 0. The van der Waals surface area contributed by atoms with Crippen molar-refractivity contribution < 1.29 is 19.8 Å². The van der Waals surface area contributed by atoms with Crippen LogP contribution >= 0.6 is 0 Å². The van der Waals surface area contributed by atoms with Gasteiger partial charge < -0.3 is 25.7 Å². The summed E-state index contributed by atoms with van der Waals surface area (Å²) in [4.78, 5) is 21.8. The number of nitrogens with one attached hydrogen (secondary N) is 2. The van der Waals surface area contributed by atoms with Crippen LogP contribution in [0.4, 0.5) is 5.69 Å². The van der Waals surface area contributed by atoms with E-state index in [1.165, 1.54) is 6.42 Å². The van der Waals surface area contributed by atoms with E-state index >= 15 is 0 Å². The van der Waals surface area contributed by atoms with Gasteiger partial charge in [-0.05, 0) is 80.8 Å². The Morgan fingerprint density at radius 2 is 2.00 bits per heavy atom. The summed E-state index contributed by atoms with van der Waals surface area (Å²) in [5, 5.41) is 28.5. The highest BCUT2D eigenvalue weighted by molar-refractivity contribution is 5.82. The maximum Gasteiger partial charge on any atom is 0.240 e. The molecule has 4 fully saturated rings. The van der Waals surface area contributed by atoms with Crippen molar-refractivity contribution in [1.29, 1.82) is 0 Å². The van der Waals surface area contributed by atoms with Gasteiger partial charge in [-0.1, -0.05) is 32.9 Å². The predicted octanol–water partition coefficient (Wildman–Crippen LogP) is 2.32. The van der Waals surface area contributed by atoms with E-state index in [4.69, 9.17) is 4.84 Å². The molecule has 1 aliphatic heterocycles. The number of rotatable bonds is 11. The zero-order valence-electron chi connectivity index (χ0n) is 22.6. The van der Waals surface area contributed by atoms with Crippen LogP contribution in [0.15, 0.2) is 24.3 Å². The number of carbonyl (C=O) groups excluding carboxylic acids is 1. The SMILES string of the molecule is C[C@@H]1[C@@H](NC(=O)[C@@H]2[C@H](CO)[C@H](CO)ON2Cc2cccc(NCCCN(C)C)c2)C[C@H]2C[C@@H]1C2(C)C. The second kappa shape index (κ2) is 11.4. The smallest absolute Gasteiger partial charge is 0.240 e. The van der Waals surface area contributed by atoms with E-state index in [1.807, 2.05) is 18.2 Å². The van der Waals surface area contributed by atoms with E-state index in [-0.39, 0.29) is 25.2 Å². The maximum absolute atomic E-state index is 13.6. The van der Waals surface area contributed by atoms with E-state index < -0.39 is 18.1 Å². The van der Waals surface area contributed by atoms with Crippen molar-refractivity contribution in [2.75, 3.05) is 45.7 Å². The Morgan fingerprint density at radius 1 is 1.22 bits per heavy atom. The number of anilines is 1. The van der Waals surface area contributed by atoms with E-state index in [2.05, 4.69) is 56.5 Å². The number of hydrogen-bond donors (Lipinski definition) is 4. The molecule has 1 heterocycles. The van der Waals surface area contributed by atoms with Gasteiger partial charge in [0.05, 0.1) is 19.8 Å². The van der Waals surface area contributed by atoms with Crippen LogP contribution in [-0.4, -0.2) is 84.7 Å². The molecule has 4 N–H and O–H groups in total. The van der Waals surface area contributed by atoms with Gasteiger partial charge in [0.1, 0.15) is 12.1 Å². The number of hydrogen-bond acceptors (Lipinski definition) is 7. The van der Waals surface area contributed by atoms with Crippen LogP contribution in [0.5, 0.6) is 0 Å². The molecule has 0 unspecified atom stereocenters. The van der Waals surface area contributed by atoms with Crippen LogP contribution in [-0.2, 0) is 16.2 Å². The van der Waals surface area contributed by atoms with Crippen molar-refractivity contribution in [1.82, 2.24) is 15.3 Å². The lowest BCUT2D eigenvalue weighted by Gasteiger charge is -2.62. The Bertz CT molecular complexity index is 894. The fraction of sp³-hybridized carbons (Fsp3) is 0.750. The molecule has 2 bridgehead atoms. The van der Waals surface area contributed by atoms with Crippen LogP contribution < -0.4 is 10.6 Å². The third kappa shape index (κ3) is 5.58. The quantitative estimate of drug-likeness (QED) is 0.345. The number of aliphatic hydroxyl groups is 2. The Morgan fingerprint density at radius 3 is 2.64 bits per heavy atom. The van der Waals surface area contributed by atoms with Crippen LogP contribution in [0.25, 0.3) is 0 Å². The van der Waals surface area contributed by atoms with Gasteiger partial charge in [0.15, 0.2) is 0 Å². The molecule has 1 aromatic rings. The average molecular weight is 503 g/mol. The maximum atomic E-state index is 13.6. The van der Waals surface area contributed by atoms with Gasteiger partial charge in [-0.15, -0.1) is 0 Å². The second-order valence-electron chi connectivity index (χ2n) is 12.0. The molecule has 5 rings (SSSR count). The Kier molecular flexibility index (Phi) is 8.62. The summed E-state index contributed by atoms with van der Waals surface area (Å²) in [6, 6.07) is 7.62. The fourth-order valence-corrected chi connectivity index (χ4v) is 6.78. The highest BCUT2D eigenvalue weighted by Crippen LogP contribution is 2.61. The molecule has 4 aliphatic rings. The summed E-state index contributed by atoms with van der Waals surface area (Å²) in [6.07, 6.45) is 2.70. The number of nitrogens with zero attached hydrogens (tertiary/aromatic N) is 2. The van der Waals surface area contributed by atoms with Gasteiger partial charge in [-0.3, -0.25) is 9.63 Å². The highest BCUT2D eigenvalue weighted by atomic mass is 16.7. The molecule has 8 heteroatoms. The number of fused-ring (bicyclic) bond motifs is 2. The van der Waals surface area contributed by atoms with Crippen molar-refractivity contribution in [3.8, 4) is 0 Å². The Balaban J connectivity index is 1.43. The molecule has 202 valence electrons. The molecule has 8 nitrogen and oxygen atoms in total. The molecule has 0 aromatic heterocycles. The summed E-state index contributed by atoms with van der Waals surface area (Å²) in [7, 11) is 4.14. The highest BCUT2D eigenvalue weighted by Gasteiger charge is 2.57. The second-order valence-corrected chi connectivity index (χ2v) is 12.0. The minimum absolute atomic E-state index is 0.112. The lowest BCUT2D eigenvalue weighted by molar-refractivity contribution is -0.183. The van der Waals surface area contributed by atoms with Gasteiger partial charge in [0.2, 0.25) is 5.91 Å². The molecule has 3 aliphatic carbocycles. The molecule has 0 radical (unpaired) electrons. The van der Waals surface area contributed by atoms with E-state index in [9.17, 15) is 15.0 Å². The number of hydroxylamine groups is 2. The lowest BCUT2D eigenvalue weighted by Crippen LogP contribution is -2.62. The largest absolute Gasteiger partial charge is 0.396 e. The summed E-state index contributed by atoms with van der Waals surface area (Å²) in [6.45, 7) is 8.81. The zero-order chi connectivity index (χ0) is 26.0. The van der Waals surface area contributed by atoms with Gasteiger partial charge in [0, 0.05) is 24.2 Å². The van der Waals surface area contributed by atoms with Gasteiger partial charge >= 0.3 is 0 Å². The van der Waals surface area contributed by atoms with E-state index in [0.717, 1.165) is 37.2 Å². The van der Waals surface area contributed by atoms with Crippen LogP contribution in [0.1, 0.15) is 45.6 Å². The summed E-state index contributed by atoms with van der Waals surface area (Å²) < 4.78 is 0.